The van der Waals surface area contributed by atoms with Crippen LogP contribution in [0.1, 0.15) is 52.9 Å². The largest absolute Gasteiger partial charge is 0.469 e. The molecule has 0 aromatic heterocycles. The highest BCUT2D eigenvalue weighted by molar-refractivity contribution is 5.87. The summed E-state index contributed by atoms with van der Waals surface area (Å²) in [6, 6.07) is 0. The van der Waals surface area contributed by atoms with E-state index < -0.39 is 88.4 Å². The Kier molecular flexibility index (Phi) is 7.18. The zero-order valence-electron chi connectivity index (χ0n) is 23.8. The molecule has 222 valence electrons. The third-order valence-corrected chi connectivity index (χ3v) is 10.3. The average molecular weight is 567 g/mol. The molecule has 0 amide bonds. The van der Waals surface area contributed by atoms with Gasteiger partial charge in [-0.1, -0.05) is 0 Å². The molecule has 5 aliphatic rings. The number of hydrogen-bond acceptors (Lipinski definition) is 12. The molecule has 12 nitrogen and oxygen atoms in total. The van der Waals surface area contributed by atoms with Crippen molar-refractivity contribution in [1.29, 1.82) is 0 Å². The molecule has 1 aliphatic heterocycles. The zero-order valence-corrected chi connectivity index (χ0v) is 23.8. The van der Waals surface area contributed by atoms with Gasteiger partial charge in [-0.15, -0.1) is 0 Å². The Morgan fingerprint density at radius 3 is 2.23 bits per heavy atom. The molecule has 0 N–H and O–H groups in total. The van der Waals surface area contributed by atoms with E-state index in [1.165, 1.54) is 42.1 Å². The van der Waals surface area contributed by atoms with Crippen LogP contribution >= 0.6 is 0 Å². The van der Waals surface area contributed by atoms with E-state index in [2.05, 4.69) is 0 Å². The van der Waals surface area contributed by atoms with E-state index in [-0.39, 0.29) is 31.8 Å². The Hall–Kier alpha value is -2.73. The monoisotopic (exact) mass is 566 g/mol. The summed E-state index contributed by atoms with van der Waals surface area (Å²) in [4.78, 5) is 65.1. The maximum absolute atomic E-state index is 14.2. The van der Waals surface area contributed by atoms with Crippen molar-refractivity contribution < 1.29 is 57.1 Å². The summed E-state index contributed by atoms with van der Waals surface area (Å²) >= 11 is 0. The number of methoxy groups -OCH3 is 3. The Balaban J connectivity index is 1.76. The molecule has 0 aromatic rings. The summed E-state index contributed by atoms with van der Waals surface area (Å²) < 4.78 is 40.7. The predicted octanol–water partition coefficient (Wildman–Crippen LogP) is 1.35. The van der Waals surface area contributed by atoms with E-state index in [9.17, 15) is 24.0 Å². The van der Waals surface area contributed by atoms with Crippen molar-refractivity contribution in [2.75, 3.05) is 27.9 Å². The Morgan fingerprint density at radius 1 is 0.950 bits per heavy atom. The minimum atomic E-state index is -1.46. The number of ether oxygens (including phenoxy) is 7. The van der Waals surface area contributed by atoms with Crippen molar-refractivity contribution in [3.05, 3.63) is 0 Å². The second-order valence-corrected chi connectivity index (χ2v) is 12.0. The van der Waals surface area contributed by atoms with Crippen LogP contribution in [0.3, 0.4) is 0 Å². The topological polar surface area (TPSA) is 150 Å². The van der Waals surface area contributed by atoms with Crippen LogP contribution in [0, 0.1) is 34.5 Å². The number of carbonyl (C=O) groups excluding carboxylic acids is 5. The average Bonchev–Trinajstić information content (AvgIpc) is 3.24. The molecule has 2 bridgehead atoms. The second-order valence-electron chi connectivity index (χ2n) is 12.0. The molecule has 11 atom stereocenters. The number of carbonyl (C=O) groups is 5. The lowest BCUT2D eigenvalue weighted by molar-refractivity contribution is -0.222. The van der Waals surface area contributed by atoms with Gasteiger partial charge in [0.05, 0.1) is 19.1 Å². The summed E-state index contributed by atoms with van der Waals surface area (Å²) in [6.45, 7) is 3.73. The maximum Gasteiger partial charge on any atom is 0.319 e. The van der Waals surface area contributed by atoms with E-state index in [4.69, 9.17) is 33.2 Å². The van der Waals surface area contributed by atoms with Crippen LogP contribution < -0.4 is 0 Å². The molecule has 5 fully saturated rings. The minimum Gasteiger partial charge on any atom is -0.469 e. The molecule has 4 aliphatic carbocycles. The Bertz CT molecular complexity index is 1100. The summed E-state index contributed by atoms with van der Waals surface area (Å²) in [6.07, 6.45) is -1.78. The van der Waals surface area contributed by atoms with E-state index in [1.54, 1.807) is 0 Å². The number of esters is 5. The normalized spacial score (nSPS) is 44.5. The summed E-state index contributed by atoms with van der Waals surface area (Å²) in [5.74, 6) is -4.70. The van der Waals surface area contributed by atoms with Gasteiger partial charge in [-0.05, 0) is 43.9 Å². The van der Waals surface area contributed by atoms with E-state index in [0.717, 1.165) is 0 Å². The first-order chi connectivity index (χ1) is 18.9. The Labute approximate surface area is 232 Å². The zero-order chi connectivity index (χ0) is 29.2. The highest BCUT2D eigenvalue weighted by atomic mass is 16.6. The third-order valence-electron chi connectivity index (χ3n) is 10.3. The molecular formula is C28H38O12. The molecule has 1 heterocycles. The first-order valence-electron chi connectivity index (χ1n) is 13.8. The highest BCUT2D eigenvalue weighted by Gasteiger charge is 2.81. The molecule has 0 radical (unpaired) electrons. The van der Waals surface area contributed by atoms with Crippen LogP contribution in [-0.4, -0.2) is 87.8 Å². The number of hydrogen-bond donors (Lipinski definition) is 0. The molecule has 0 unspecified atom stereocenters. The van der Waals surface area contributed by atoms with Gasteiger partial charge in [-0.25, -0.2) is 0 Å². The predicted molar refractivity (Wildman–Crippen MR) is 132 cm³/mol. The maximum atomic E-state index is 14.2. The van der Waals surface area contributed by atoms with Gasteiger partial charge in [0.1, 0.15) is 29.8 Å². The van der Waals surface area contributed by atoms with Crippen LogP contribution in [0.15, 0.2) is 0 Å². The van der Waals surface area contributed by atoms with Crippen LogP contribution in [-0.2, 0) is 57.1 Å². The first kappa shape index (κ1) is 28.8. The lowest BCUT2D eigenvalue weighted by Crippen LogP contribution is -2.63. The highest BCUT2D eigenvalue weighted by Crippen LogP contribution is 2.72. The molecule has 0 aromatic carbocycles. The lowest BCUT2D eigenvalue weighted by atomic mass is 9.48. The van der Waals surface area contributed by atoms with Gasteiger partial charge in [0, 0.05) is 46.8 Å². The summed E-state index contributed by atoms with van der Waals surface area (Å²) in [5.41, 5.74) is -4.12. The molecule has 4 saturated carbocycles. The van der Waals surface area contributed by atoms with Crippen LogP contribution in [0.5, 0.6) is 0 Å². The van der Waals surface area contributed by atoms with Crippen molar-refractivity contribution >= 4 is 29.8 Å². The first-order valence-corrected chi connectivity index (χ1v) is 13.8. The fraction of sp³-hybridized carbons (Fsp3) is 0.821. The molecule has 5 rings (SSSR count). The van der Waals surface area contributed by atoms with Crippen molar-refractivity contribution in [3.63, 3.8) is 0 Å². The fourth-order valence-electron chi connectivity index (χ4n) is 9.51. The number of fused-ring (bicyclic) bond motifs is 2. The van der Waals surface area contributed by atoms with Gasteiger partial charge in [0.15, 0.2) is 5.60 Å². The van der Waals surface area contributed by atoms with Gasteiger partial charge < -0.3 is 33.2 Å². The van der Waals surface area contributed by atoms with Gasteiger partial charge >= 0.3 is 29.8 Å². The number of rotatable bonds is 7. The molecule has 1 saturated heterocycles. The van der Waals surface area contributed by atoms with Gasteiger partial charge in [0.25, 0.3) is 0 Å². The van der Waals surface area contributed by atoms with E-state index in [0.29, 0.717) is 12.8 Å². The molecule has 12 heteroatoms. The smallest absolute Gasteiger partial charge is 0.319 e. The second kappa shape index (κ2) is 9.97. The van der Waals surface area contributed by atoms with Crippen molar-refractivity contribution in [1.82, 2.24) is 0 Å². The van der Waals surface area contributed by atoms with E-state index >= 15 is 0 Å². The van der Waals surface area contributed by atoms with Gasteiger partial charge in [-0.2, -0.15) is 0 Å². The molecule has 40 heavy (non-hydrogen) atoms. The lowest BCUT2D eigenvalue weighted by Gasteiger charge is -2.53. The van der Waals surface area contributed by atoms with Crippen LogP contribution in [0.4, 0.5) is 0 Å². The fourth-order valence-corrected chi connectivity index (χ4v) is 9.51. The van der Waals surface area contributed by atoms with Crippen molar-refractivity contribution in [2.45, 2.75) is 82.9 Å². The third kappa shape index (κ3) is 3.74. The minimum absolute atomic E-state index is 0.130. The summed E-state index contributed by atoms with van der Waals surface area (Å²) in [7, 11) is 4.26. The van der Waals surface area contributed by atoms with Gasteiger partial charge in [0.2, 0.25) is 0 Å². The van der Waals surface area contributed by atoms with Crippen LogP contribution in [0.25, 0.3) is 0 Å². The standard InChI is InChI=1S/C28H38O12/c1-13(29)37-19-7-8-26(24(32)36-6)17-11-28(40-15(3)31)20(35-5)10-16(21(17)23(28)38-14(2)30)9-18-22(26)27(19,12-34-4)25(33)39-18/h16-23H,7-12H2,1-6H3/t16-,17+,18-,19+,20-,21+,22-,23+,26+,27+,28-/m0/s1. The summed E-state index contributed by atoms with van der Waals surface area (Å²) in [5, 5.41) is 0. The quantitative estimate of drug-likeness (QED) is 0.323. The molecular weight excluding hydrogens is 528 g/mol. The molecule has 0 spiro atoms. The SMILES string of the molecule is COC[C@@]12C(=O)O[C@H]3C[C@H]4C[C@H](OC)[C@@]5(OC(C)=O)C[C@H]([C@@H]4[C@H]5OC(C)=O)[C@](C(=O)OC)(CC[C@H]1OC(C)=O)[C@H]32. The van der Waals surface area contributed by atoms with E-state index in [1.807, 2.05) is 0 Å². The van der Waals surface area contributed by atoms with Crippen molar-refractivity contribution in [2.24, 2.45) is 34.5 Å². The Morgan fingerprint density at radius 2 is 1.65 bits per heavy atom. The van der Waals surface area contributed by atoms with Gasteiger partial charge in [-0.3, -0.25) is 24.0 Å². The van der Waals surface area contributed by atoms with Crippen LogP contribution in [0.2, 0.25) is 0 Å². The van der Waals surface area contributed by atoms with Crippen molar-refractivity contribution in [3.8, 4) is 0 Å².